The predicted molar refractivity (Wildman–Crippen MR) is 121 cm³/mol. The number of ether oxygens (including phenoxy) is 1. The summed E-state index contributed by atoms with van der Waals surface area (Å²) in [4.78, 5) is 37.9. The van der Waals surface area contributed by atoms with E-state index in [1.54, 1.807) is 35.8 Å². The molecule has 1 aliphatic rings. The molecule has 1 aliphatic carbocycles. The molecule has 31 heavy (non-hydrogen) atoms. The zero-order valence-electron chi connectivity index (χ0n) is 17.8. The van der Waals surface area contributed by atoms with Crippen molar-refractivity contribution in [3.8, 4) is 0 Å². The summed E-state index contributed by atoms with van der Waals surface area (Å²) in [7, 11) is 0. The summed E-state index contributed by atoms with van der Waals surface area (Å²) in [6, 6.07) is 14.4. The normalized spacial score (nSPS) is 15.6. The number of nitrogens with zero attached hydrogens (tertiary/aromatic N) is 1. The first kappa shape index (κ1) is 21.1. The lowest BCUT2D eigenvalue weighted by Gasteiger charge is -2.22. The Balaban J connectivity index is 1.48. The summed E-state index contributed by atoms with van der Waals surface area (Å²) in [5.41, 5.74) is 1.27. The van der Waals surface area contributed by atoms with Crippen LogP contribution in [0.4, 0.5) is 0 Å². The quantitative estimate of drug-likeness (QED) is 0.486. The molecular weight excluding hydrogens is 392 g/mol. The molecule has 1 unspecified atom stereocenters. The van der Waals surface area contributed by atoms with Gasteiger partial charge in [0.05, 0.1) is 11.0 Å². The van der Waals surface area contributed by atoms with Crippen LogP contribution in [-0.2, 0) is 20.9 Å². The molecular formula is C25H28N2O4. The van der Waals surface area contributed by atoms with Crippen molar-refractivity contribution >= 4 is 33.7 Å². The van der Waals surface area contributed by atoms with Gasteiger partial charge >= 0.3 is 5.97 Å². The topological polar surface area (TPSA) is 77.4 Å². The van der Waals surface area contributed by atoms with Crippen molar-refractivity contribution in [2.75, 3.05) is 6.54 Å². The van der Waals surface area contributed by atoms with Gasteiger partial charge in [-0.1, -0.05) is 43.5 Å². The lowest BCUT2D eigenvalue weighted by Crippen LogP contribution is -2.39. The maximum atomic E-state index is 12.8. The number of aromatic nitrogens is 1. The number of hydrogen-bond donors (Lipinski definition) is 1. The Morgan fingerprint density at radius 3 is 2.19 bits per heavy atom. The van der Waals surface area contributed by atoms with Gasteiger partial charge in [-0.15, -0.1) is 0 Å². The second-order valence-electron chi connectivity index (χ2n) is 8.33. The maximum absolute atomic E-state index is 12.8. The largest absolute Gasteiger partial charge is 0.451 e. The highest BCUT2D eigenvalue weighted by Crippen LogP contribution is 2.23. The third-order valence-corrected chi connectivity index (χ3v) is 6.13. The van der Waals surface area contributed by atoms with E-state index in [1.807, 2.05) is 24.3 Å². The van der Waals surface area contributed by atoms with Gasteiger partial charge in [-0.05, 0) is 49.9 Å². The van der Waals surface area contributed by atoms with Crippen LogP contribution in [0.1, 0.15) is 39.0 Å². The summed E-state index contributed by atoms with van der Waals surface area (Å²) in [5, 5.41) is 4.02. The standard InChI is InChI=1S/C25H28N2O4/c1-17(25(30)26-15-18-9-3-2-4-10-18)31-23(28)16-27-21-13-7-5-11-19(21)24(29)20-12-6-8-14-22(20)27/h5-8,11-14,17-18H,2-4,9-10,15-16H2,1H3,(H,26,30). The molecule has 1 heterocycles. The van der Waals surface area contributed by atoms with E-state index in [2.05, 4.69) is 5.32 Å². The van der Waals surface area contributed by atoms with Crippen molar-refractivity contribution in [3.05, 3.63) is 58.8 Å². The molecule has 0 spiro atoms. The molecule has 3 aromatic rings. The van der Waals surface area contributed by atoms with Crippen molar-refractivity contribution < 1.29 is 14.3 Å². The summed E-state index contributed by atoms with van der Waals surface area (Å²) < 4.78 is 7.21. The number of pyridine rings is 1. The number of nitrogens with one attached hydrogen (secondary N) is 1. The molecule has 0 saturated heterocycles. The first-order chi connectivity index (χ1) is 15.0. The van der Waals surface area contributed by atoms with Crippen LogP contribution in [0.2, 0.25) is 0 Å². The molecule has 1 atom stereocenters. The Bertz CT molecular complexity index is 1100. The average Bonchev–Trinajstić information content (AvgIpc) is 2.80. The van der Waals surface area contributed by atoms with Gasteiger partial charge in [0.25, 0.3) is 5.91 Å². The van der Waals surface area contributed by atoms with Crippen molar-refractivity contribution in [2.24, 2.45) is 5.92 Å². The molecule has 4 rings (SSSR count). The summed E-state index contributed by atoms with van der Waals surface area (Å²) in [6.07, 6.45) is 5.11. The number of esters is 1. The fraction of sp³-hybridized carbons (Fsp3) is 0.400. The van der Waals surface area contributed by atoms with Gasteiger partial charge in [-0.25, -0.2) is 0 Å². The van der Waals surface area contributed by atoms with E-state index < -0.39 is 12.1 Å². The number of hydrogen-bond acceptors (Lipinski definition) is 4. The SMILES string of the molecule is CC(OC(=O)Cn1c2ccccc2c(=O)c2ccccc21)C(=O)NCC1CCCCC1. The van der Waals surface area contributed by atoms with Crippen LogP contribution in [0, 0.1) is 5.92 Å². The van der Waals surface area contributed by atoms with Crippen LogP contribution in [0.3, 0.4) is 0 Å². The molecule has 1 amide bonds. The minimum Gasteiger partial charge on any atom is -0.451 e. The molecule has 6 heteroatoms. The number of carbonyl (C=O) groups is 2. The van der Waals surface area contributed by atoms with Crippen molar-refractivity contribution in [3.63, 3.8) is 0 Å². The van der Waals surface area contributed by atoms with Crippen LogP contribution < -0.4 is 10.7 Å². The third-order valence-electron chi connectivity index (χ3n) is 6.13. The smallest absolute Gasteiger partial charge is 0.326 e. The van der Waals surface area contributed by atoms with Gasteiger partial charge in [0.15, 0.2) is 11.5 Å². The molecule has 162 valence electrons. The van der Waals surface area contributed by atoms with Crippen LogP contribution in [-0.4, -0.2) is 29.1 Å². The number of benzene rings is 2. The van der Waals surface area contributed by atoms with Crippen LogP contribution in [0.5, 0.6) is 0 Å². The molecule has 1 saturated carbocycles. The number of fused-ring (bicyclic) bond motifs is 2. The van der Waals surface area contributed by atoms with Gasteiger partial charge in [0.1, 0.15) is 6.54 Å². The molecule has 1 fully saturated rings. The number of rotatable bonds is 6. The third kappa shape index (κ3) is 4.63. The Kier molecular flexibility index (Phi) is 6.35. The lowest BCUT2D eigenvalue weighted by molar-refractivity contribution is -0.155. The van der Waals surface area contributed by atoms with Crippen molar-refractivity contribution in [1.82, 2.24) is 9.88 Å². The van der Waals surface area contributed by atoms with Gasteiger partial charge in [-0.2, -0.15) is 0 Å². The molecule has 0 radical (unpaired) electrons. The molecule has 2 aromatic carbocycles. The van der Waals surface area contributed by atoms with Gasteiger partial charge in [-0.3, -0.25) is 14.4 Å². The lowest BCUT2D eigenvalue weighted by atomic mass is 9.89. The highest BCUT2D eigenvalue weighted by Gasteiger charge is 2.21. The fourth-order valence-corrected chi connectivity index (χ4v) is 4.44. The van der Waals surface area contributed by atoms with Crippen LogP contribution >= 0.6 is 0 Å². The van der Waals surface area contributed by atoms with E-state index in [4.69, 9.17) is 4.74 Å². The summed E-state index contributed by atoms with van der Waals surface area (Å²) in [6.45, 7) is 2.15. The van der Waals surface area contributed by atoms with Gasteiger partial charge in [0.2, 0.25) is 0 Å². The first-order valence-electron chi connectivity index (χ1n) is 11.0. The van der Waals surface area contributed by atoms with E-state index in [1.165, 1.54) is 19.3 Å². The zero-order valence-corrected chi connectivity index (χ0v) is 17.8. The zero-order chi connectivity index (χ0) is 21.8. The Morgan fingerprint density at radius 1 is 1.00 bits per heavy atom. The van der Waals surface area contributed by atoms with Gasteiger partial charge < -0.3 is 14.6 Å². The van der Waals surface area contributed by atoms with Crippen molar-refractivity contribution in [2.45, 2.75) is 51.7 Å². The van der Waals surface area contributed by atoms with Crippen molar-refractivity contribution in [1.29, 1.82) is 0 Å². The molecule has 0 bridgehead atoms. The Hall–Kier alpha value is -3.15. The number of amides is 1. The highest BCUT2D eigenvalue weighted by atomic mass is 16.5. The maximum Gasteiger partial charge on any atom is 0.326 e. The molecule has 1 aromatic heterocycles. The van der Waals surface area contributed by atoms with Gasteiger partial charge in [0, 0.05) is 17.3 Å². The number of carbonyl (C=O) groups excluding carboxylic acids is 2. The first-order valence-corrected chi connectivity index (χ1v) is 11.0. The highest BCUT2D eigenvalue weighted by molar-refractivity contribution is 5.94. The van der Waals surface area contributed by atoms with E-state index in [0.717, 1.165) is 12.8 Å². The van der Waals surface area contributed by atoms with E-state index in [-0.39, 0.29) is 17.9 Å². The molecule has 1 N–H and O–H groups in total. The van der Waals surface area contributed by atoms with Crippen LogP contribution in [0.15, 0.2) is 53.3 Å². The minimum absolute atomic E-state index is 0.0636. The fourth-order valence-electron chi connectivity index (χ4n) is 4.44. The van der Waals surface area contributed by atoms with E-state index in [9.17, 15) is 14.4 Å². The van der Waals surface area contributed by atoms with E-state index in [0.29, 0.717) is 34.3 Å². The monoisotopic (exact) mass is 420 g/mol. The Labute approximate surface area is 181 Å². The molecule has 0 aliphatic heterocycles. The minimum atomic E-state index is -0.868. The van der Waals surface area contributed by atoms with E-state index >= 15 is 0 Å². The second kappa shape index (κ2) is 9.33. The summed E-state index contributed by atoms with van der Waals surface area (Å²) in [5.74, 6) is -0.271. The molecule has 6 nitrogen and oxygen atoms in total. The average molecular weight is 421 g/mol. The number of para-hydroxylation sites is 2. The predicted octanol–water partition coefficient (Wildman–Crippen LogP) is 3.78. The Morgan fingerprint density at radius 2 is 1.58 bits per heavy atom. The summed E-state index contributed by atoms with van der Waals surface area (Å²) >= 11 is 0. The second-order valence-corrected chi connectivity index (χ2v) is 8.33. The van der Waals surface area contributed by atoms with Crippen LogP contribution in [0.25, 0.3) is 21.8 Å².